The number of hydrogen-bond acceptors (Lipinski definition) is 4. The normalized spacial score (nSPS) is 22.4. The number of benzene rings is 2. The molecular weight excluding hydrogens is 336 g/mol. The molecule has 4 heteroatoms. The Bertz CT molecular complexity index is 739. The molecule has 1 saturated heterocycles. The molecule has 0 spiro atoms. The van der Waals surface area contributed by atoms with Crippen LogP contribution >= 0.6 is 0 Å². The van der Waals surface area contributed by atoms with Crippen LogP contribution in [-0.2, 0) is 0 Å². The average molecular weight is 364 g/mol. The van der Waals surface area contributed by atoms with Crippen LogP contribution in [0.5, 0.6) is 5.75 Å². The number of carbonyl (C=O) groups is 1. The zero-order chi connectivity index (χ0) is 18.5. The number of carbonyl (C=O) groups excluding carboxylic acids is 1. The molecule has 1 aliphatic heterocycles. The Morgan fingerprint density at radius 3 is 2.52 bits per heavy atom. The van der Waals surface area contributed by atoms with Gasteiger partial charge in [-0.15, -0.1) is 0 Å². The summed E-state index contributed by atoms with van der Waals surface area (Å²) in [6.45, 7) is 6.23. The highest BCUT2D eigenvalue weighted by atomic mass is 16.5. The lowest BCUT2D eigenvalue weighted by Crippen LogP contribution is -2.43. The minimum absolute atomic E-state index is 0.137. The van der Waals surface area contributed by atoms with Gasteiger partial charge in [-0.1, -0.05) is 30.3 Å². The first-order valence-corrected chi connectivity index (χ1v) is 10.1. The topological polar surface area (TPSA) is 41.6 Å². The standard InChI is InChI=1S/C23H28N2O2/c26-23(22-17-21(22)18-5-2-1-3-6-18)19-7-9-20(10-8-19)27-16-4-13-25-14-11-24-12-15-25/h1-3,5-10,21-22,24H,4,11-17H2/t21-,22+/m0/s1. The number of piperazine rings is 1. The predicted octanol–water partition coefficient (Wildman–Crippen LogP) is 3.35. The van der Waals surface area contributed by atoms with Crippen LogP contribution in [0.3, 0.4) is 0 Å². The van der Waals surface area contributed by atoms with Gasteiger partial charge in [-0.25, -0.2) is 0 Å². The number of nitrogens with one attached hydrogen (secondary N) is 1. The fraction of sp³-hybridized carbons (Fsp3) is 0.435. The number of hydrogen-bond donors (Lipinski definition) is 1. The molecular formula is C23H28N2O2. The van der Waals surface area contributed by atoms with Gasteiger partial charge in [0.25, 0.3) is 0 Å². The molecule has 0 amide bonds. The van der Waals surface area contributed by atoms with Crippen LogP contribution in [0.15, 0.2) is 54.6 Å². The third kappa shape index (κ3) is 4.76. The predicted molar refractivity (Wildman–Crippen MR) is 107 cm³/mol. The molecule has 1 N–H and O–H groups in total. The van der Waals surface area contributed by atoms with E-state index in [0.29, 0.717) is 5.92 Å². The monoisotopic (exact) mass is 364 g/mol. The Morgan fingerprint density at radius 1 is 1.04 bits per heavy atom. The van der Waals surface area contributed by atoms with Gasteiger partial charge in [0.1, 0.15) is 5.75 Å². The van der Waals surface area contributed by atoms with Gasteiger partial charge in [-0.2, -0.15) is 0 Å². The lowest BCUT2D eigenvalue weighted by molar-refractivity contribution is 0.0965. The summed E-state index contributed by atoms with van der Waals surface area (Å²) in [5.74, 6) is 1.63. The molecule has 2 aromatic carbocycles. The van der Waals surface area contributed by atoms with Crippen LogP contribution in [0.1, 0.15) is 34.7 Å². The summed E-state index contributed by atoms with van der Waals surface area (Å²) < 4.78 is 5.84. The summed E-state index contributed by atoms with van der Waals surface area (Å²) in [7, 11) is 0. The Morgan fingerprint density at radius 2 is 1.78 bits per heavy atom. The molecule has 0 aromatic heterocycles. The summed E-state index contributed by atoms with van der Waals surface area (Å²) in [6.07, 6.45) is 1.99. The Balaban J connectivity index is 1.22. The highest BCUT2D eigenvalue weighted by Crippen LogP contribution is 2.49. The fourth-order valence-corrected chi connectivity index (χ4v) is 3.90. The fourth-order valence-electron chi connectivity index (χ4n) is 3.90. The first-order valence-electron chi connectivity index (χ1n) is 10.1. The molecule has 2 aliphatic rings. The summed E-state index contributed by atoms with van der Waals surface area (Å²) >= 11 is 0. The zero-order valence-electron chi connectivity index (χ0n) is 15.8. The van der Waals surface area contributed by atoms with Crippen molar-refractivity contribution in [2.75, 3.05) is 39.3 Å². The molecule has 2 atom stereocenters. The SMILES string of the molecule is O=C(c1ccc(OCCCN2CCNCC2)cc1)[C@@H]1C[C@H]1c1ccccc1. The quantitative estimate of drug-likeness (QED) is 0.576. The van der Waals surface area contributed by atoms with Gasteiger partial charge in [0.2, 0.25) is 0 Å². The van der Waals surface area contributed by atoms with Gasteiger partial charge in [-0.05, 0) is 48.6 Å². The molecule has 4 rings (SSSR count). The second-order valence-electron chi connectivity index (χ2n) is 7.54. The van der Waals surface area contributed by atoms with Gasteiger partial charge in [-0.3, -0.25) is 4.79 Å². The van der Waals surface area contributed by atoms with Crippen molar-refractivity contribution in [1.29, 1.82) is 0 Å². The van der Waals surface area contributed by atoms with Crippen molar-refractivity contribution < 1.29 is 9.53 Å². The van der Waals surface area contributed by atoms with E-state index in [1.165, 1.54) is 5.56 Å². The molecule has 1 heterocycles. The summed E-state index contributed by atoms with van der Waals surface area (Å²) in [5.41, 5.74) is 2.08. The van der Waals surface area contributed by atoms with Gasteiger partial charge >= 0.3 is 0 Å². The van der Waals surface area contributed by atoms with Gasteiger partial charge in [0.15, 0.2) is 5.78 Å². The molecule has 2 fully saturated rings. The van der Waals surface area contributed by atoms with Gasteiger partial charge in [0.05, 0.1) is 6.61 Å². The highest BCUT2D eigenvalue weighted by Gasteiger charge is 2.43. The van der Waals surface area contributed by atoms with Crippen LogP contribution in [-0.4, -0.2) is 50.0 Å². The van der Waals surface area contributed by atoms with Crippen LogP contribution in [0.4, 0.5) is 0 Å². The molecule has 1 saturated carbocycles. The minimum Gasteiger partial charge on any atom is -0.494 e. The maximum atomic E-state index is 12.7. The third-order valence-corrected chi connectivity index (χ3v) is 5.59. The van der Waals surface area contributed by atoms with E-state index in [4.69, 9.17) is 4.74 Å². The molecule has 1 aliphatic carbocycles. The zero-order valence-corrected chi connectivity index (χ0v) is 15.8. The van der Waals surface area contributed by atoms with Crippen molar-refractivity contribution in [3.8, 4) is 5.75 Å². The van der Waals surface area contributed by atoms with E-state index in [0.717, 1.165) is 63.5 Å². The number of nitrogens with zero attached hydrogens (tertiary/aromatic N) is 1. The van der Waals surface area contributed by atoms with E-state index < -0.39 is 0 Å². The van der Waals surface area contributed by atoms with Crippen LogP contribution in [0.25, 0.3) is 0 Å². The number of ether oxygens (including phenoxy) is 1. The maximum Gasteiger partial charge on any atom is 0.166 e. The Labute approximate surface area is 161 Å². The molecule has 0 radical (unpaired) electrons. The smallest absolute Gasteiger partial charge is 0.166 e. The van der Waals surface area contributed by atoms with E-state index in [9.17, 15) is 4.79 Å². The van der Waals surface area contributed by atoms with Gasteiger partial charge < -0.3 is 15.0 Å². The second kappa shape index (κ2) is 8.68. The molecule has 0 bridgehead atoms. The van der Waals surface area contributed by atoms with Crippen molar-refractivity contribution in [3.63, 3.8) is 0 Å². The maximum absolute atomic E-state index is 12.7. The van der Waals surface area contributed by atoms with Crippen LogP contribution < -0.4 is 10.1 Å². The van der Waals surface area contributed by atoms with Crippen molar-refractivity contribution in [1.82, 2.24) is 10.2 Å². The molecule has 4 nitrogen and oxygen atoms in total. The molecule has 0 unspecified atom stereocenters. The van der Waals surface area contributed by atoms with Crippen LogP contribution in [0, 0.1) is 5.92 Å². The second-order valence-corrected chi connectivity index (χ2v) is 7.54. The Kier molecular flexibility index (Phi) is 5.85. The summed E-state index contributed by atoms with van der Waals surface area (Å²) in [4.78, 5) is 15.2. The minimum atomic E-state index is 0.137. The first kappa shape index (κ1) is 18.2. The van der Waals surface area contributed by atoms with Gasteiger partial charge in [0, 0.05) is 44.2 Å². The van der Waals surface area contributed by atoms with E-state index >= 15 is 0 Å². The van der Waals surface area contributed by atoms with E-state index in [1.54, 1.807) is 0 Å². The largest absolute Gasteiger partial charge is 0.494 e. The first-order chi connectivity index (χ1) is 13.3. The lowest BCUT2D eigenvalue weighted by atomic mass is 10.0. The van der Waals surface area contributed by atoms with E-state index in [-0.39, 0.29) is 11.7 Å². The molecule has 27 heavy (non-hydrogen) atoms. The molecule has 142 valence electrons. The van der Waals surface area contributed by atoms with Crippen molar-refractivity contribution in [2.45, 2.75) is 18.8 Å². The van der Waals surface area contributed by atoms with E-state index in [1.807, 2.05) is 42.5 Å². The number of Topliss-reactive ketones (excluding diaryl/α,β-unsaturated/α-hetero) is 1. The number of rotatable bonds is 8. The third-order valence-electron chi connectivity index (χ3n) is 5.59. The Hall–Kier alpha value is -2.17. The summed E-state index contributed by atoms with van der Waals surface area (Å²) in [5, 5.41) is 3.37. The van der Waals surface area contributed by atoms with Crippen molar-refractivity contribution >= 4 is 5.78 Å². The lowest BCUT2D eigenvalue weighted by Gasteiger charge is -2.26. The summed E-state index contributed by atoms with van der Waals surface area (Å²) in [6, 6.07) is 18.0. The van der Waals surface area contributed by atoms with E-state index in [2.05, 4.69) is 22.3 Å². The van der Waals surface area contributed by atoms with Crippen LogP contribution in [0.2, 0.25) is 0 Å². The number of ketones is 1. The van der Waals surface area contributed by atoms with Crippen molar-refractivity contribution in [3.05, 3.63) is 65.7 Å². The highest BCUT2D eigenvalue weighted by molar-refractivity contribution is 6.00. The van der Waals surface area contributed by atoms with Crippen molar-refractivity contribution in [2.24, 2.45) is 5.92 Å². The average Bonchev–Trinajstić information content (AvgIpc) is 3.54. The molecule has 2 aromatic rings.